The van der Waals surface area contributed by atoms with E-state index in [1.54, 1.807) is 0 Å². The van der Waals surface area contributed by atoms with Crippen LogP contribution in [0.4, 0.5) is 0 Å². The molecular formula is C24H27N5O3S. The fourth-order valence-corrected chi connectivity index (χ4v) is 5.24. The number of carbonyl (C=O) groups is 1. The molecule has 3 aromatic rings. The molecule has 2 aromatic carbocycles. The molecule has 0 spiro atoms. The van der Waals surface area contributed by atoms with E-state index in [1.165, 1.54) is 11.8 Å². The predicted molar refractivity (Wildman–Crippen MR) is 127 cm³/mol. The summed E-state index contributed by atoms with van der Waals surface area (Å²) in [4.78, 5) is 13.3. The van der Waals surface area contributed by atoms with Crippen LogP contribution in [0.2, 0.25) is 0 Å². The molecule has 5 rings (SSSR count). The summed E-state index contributed by atoms with van der Waals surface area (Å²) in [6, 6.07) is 17.5. The lowest BCUT2D eigenvalue weighted by molar-refractivity contribution is -0.121. The molecule has 0 saturated carbocycles. The lowest BCUT2D eigenvalue weighted by atomic mass is 10.0. The molecule has 0 unspecified atom stereocenters. The van der Waals surface area contributed by atoms with Crippen molar-refractivity contribution in [1.29, 1.82) is 0 Å². The Morgan fingerprint density at radius 2 is 2.03 bits per heavy atom. The minimum absolute atomic E-state index is 0.0441. The number of nitrogens with zero attached hydrogens (tertiary/aromatic N) is 3. The van der Waals surface area contributed by atoms with Crippen molar-refractivity contribution < 1.29 is 14.3 Å². The summed E-state index contributed by atoms with van der Waals surface area (Å²) in [6.45, 7) is 3.85. The van der Waals surface area contributed by atoms with Crippen molar-refractivity contribution in [3.63, 3.8) is 0 Å². The van der Waals surface area contributed by atoms with E-state index in [2.05, 4.69) is 20.9 Å². The largest absolute Gasteiger partial charge is 0.494 e. The summed E-state index contributed by atoms with van der Waals surface area (Å²) in [6.07, 6.45) is 2.11. The highest BCUT2D eigenvalue weighted by Crippen LogP contribution is 2.39. The molecule has 3 heterocycles. The molecule has 172 valence electrons. The molecule has 1 amide bonds. The van der Waals surface area contributed by atoms with Crippen LogP contribution in [0.25, 0.3) is 11.4 Å². The molecule has 1 aromatic heterocycles. The van der Waals surface area contributed by atoms with Crippen molar-refractivity contribution in [2.75, 3.05) is 25.2 Å². The van der Waals surface area contributed by atoms with Crippen molar-refractivity contribution in [2.45, 2.75) is 42.3 Å². The van der Waals surface area contributed by atoms with Crippen molar-refractivity contribution in [3.05, 3.63) is 60.2 Å². The first-order valence-electron chi connectivity index (χ1n) is 11.3. The minimum Gasteiger partial charge on any atom is -0.494 e. The zero-order valence-electron chi connectivity index (χ0n) is 18.4. The van der Waals surface area contributed by atoms with E-state index in [-0.39, 0.29) is 18.1 Å². The number of nitrogens with one attached hydrogen (secondary N) is 2. The van der Waals surface area contributed by atoms with E-state index in [4.69, 9.17) is 9.47 Å². The van der Waals surface area contributed by atoms with Crippen molar-refractivity contribution in [2.24, 2.45) is 0 Å². The fraction of sp³-hybridized carbons (Fsp3) is 0.375. The van der Waals surface area contributed by atoms with E-state index >= 15 is 0 Å². The predicted octanol–water partition coefficient (Wildman–Crippen LogP) is 3.40. The van der Waals surface area contributed by atoms with E-state index in [9.17, 15) is 4.79 Å². The molecule has 1 fully saturated rings. The number of rotatable bonds is 7. The molecule has 0 bridgehead atoms. The highest BCUT2D eigenvalue weighted by atomic mass is 32.2. The molecular weight excluding hydrogens is 438 g/mol. The molecule has 2 N–H and O–H groups in total. The number of fused-ring (bicyclic) bond motifs is 1. The van der Waals surface area contributed by atoms with E-state index in [1.807, 2.05) is 66.2 Å². The summed E-state index contributed by atoms with van der Waals surface area (Å²) in [7, 11) is 0. The van der Waals surface area contributed by atoms with Gasteiger partial charge in [-0.3, -0.25) is 4.79 Å². The number of ether oxygens (including phenoxy) is 2. The summed E-state index contributed by atoms with van der Waals surface area (Å²) in [5.41, 5.74) is 5.45. The summed E-state index contributed by atoms with van der Waals surface area (Å²) >= 11 is 1.42. The van der Waals surface area contributed by atoms with Crippen molar-refractivity contribution >= 4 is 17.7 Å². The van der Waals surface area contributed by atoms with Crippen LogP contribution in [0.15, 0.2) is 59.8 Å². The number of benzene rings is 2. The van der Waals surface area contributed by atoms with Crippen LogP contribution in [0.3, 0.4) is 0 Å². The van der Waals surface area contributed by atoms with Crippen LogP contribution in [0, 0.1) is 0 Å². The van der Waals surface area contributed by atoms with Gasteiger partial charge in [-0.15, -0.1) is 10.2 Å². The van der Waals surface area contributed by atoms with Gasteiger partial charge in [0.15, 0.2) is 5.82 Å². The van der Waals surface area contributed by atoms with Gasteiger partial charge in [0.05, 0.1) is 18.8 Å². The zero-order chi connectivity index (χ0) is 22.6. The highest BCUT2D eigenvalue weighted by molar-refractivity contribution is 8.00. The second kappa shape index (κ2) is 9.84. The Balaban J connectivity index is 1.43. The number of hydrogen-bond donors (Lipinski definition) is 2. The Kier molecular flexibility index (Phi) is 6.50. The molecule has 33 heavy (non-hydrogen) atoms. The summed E-state index contributed by atoms with van der Waals surface area (Å²) in [5.74, 6) is 1.48. The molecule has 2 aliphatic rings. The van der Waals surface area contributed by atoms with Gasteiger partial charge in [0, 0.05) is 18.7 Å². The van der Waals surface area contributed by atoms with Gasteiger partial charge in [0.2, 0.25) is 11.1 Å². The van der Waals surface area contributed by atoms with Gasteiger partial charge < -0.3 is 20.2 Å². The molecule has 0 aliphatic carbocycles. The lowest BCUT2D eigenvalue weighted by Crippen LogP contribution is -2.45. The summed E-state index contributed by atoms with van der Waals surface area (Å²) < 4.78 is 13.1. The van der Waals surface area contributed by atoms with Crippen LogP contribution in [0.1, 0.15) is 31.4 Å². The first-order valence-corrected chi connectivity index (χ1v) is 12.2. The number of hydrogen-bond acceptors (Lipinski definition) is 7. The van der Waals surface area contributed by atoms with Gasteiger partial charge >= 0.3 is 0 Å². The SMILES string of the molecule is CCOc1ccc([C@@H]2Nn3c(nnc3-c3ccccc3)S[C@H]2C(=O)NC[C@H]2CCCO2)cc1. The van der Waals surface area contributed by atoms with Crippen LogP contribution in [-0.4, -0.2) is 51.9 Å². The van der Waals surface area contributed by atoms with Crippen LogP contribution >= 0.6 is 11.8 Å². The van der Waals surface area contributed by atoms with E-state index in [0.717, 1.165) is 36.3 Å². The molecule has 8 nitrogen and oxygen atoms in total. The number of amides is 1. The highest BCUT2D eigenvalue weighted by Gasteiger charge is 2.38. The fourth-order valence-electron chi connectivity index (χ4n) is 4.14. The van der Waals surface area contributed by atoms with Gasteiger partial charge in [-0.05, 0) is 37.5 Å². The van der Waals surface area contributed by atoms with Crippen molar-refractivity contribution in [1.82, 2.24) is 20.2 Å². The smallest absolute Gasteiger partial charge is 0.236 e. The Bertz CT molecular complexity index is 1080. The maximum absolute atomic E-state index is 13.3. The first-order chi connectivity index (χ1) is 16.2. The van der Waals surface area contributed by atoms with Gasteiger partial charge in [-0.1, -0.05) is 54.2 Å². The average molecular weight is 466 g/mol. The second-order valence-corrected chi connectivity index (χ2v) is 9.14. The molecule has 9 heteroatoms. The van der Waals surface area contributed by atoms with E-state index in [0.29, 0.717) is 24.1 Å². The van der Waals surface area contributed by atoms with Gasteiger partial charge in [-0.2, -0.15) is 0 Å². The molecule has 1 saturated heterocycles. The second-order valence-electron chi connectivity index (χ2n) is 8.04. The zero-order valence-corrected chi connectivity index (χ0v) is 19.3. The Labute approximate surface area is 197 Å². The number of thioether (sulfide) groups is 1. The standard InChI is InChI=1S/C24H27N5O3S/c1-2-31-18-12-10-16(11-13-18)20-21(23(30)25-15-19-9-6-14-32-19)33-24-27-26-22(29(24)28-20)17-7-4-3-5-8-17/h3-5,7-8,10-13,19-21,28H,2,6,9,14-15H2,1H3,(H,25,30)/t19-,20+,21-/m1/s1. The normalized spacial score (nSPS) is 21.8. The molecule has 3 atom stereocenters. The monoisotopic (exact) mass is 465 g/mol. The van der Waals surface area contributed by atoms with Gasteiger partial charge in [-0.25, -0.2) is 4.68 Å². The maximum Gasteiger partial charge on any atom is 0.236 e. The van der Waals surface area contributed by atoms with Gasteiger partial charge in [0.25, 0.3) is 0 Å². The third-order valence-corrected chi connectivity index (χ3v) is 7.02. The third kappa shape index (κ3) is 4.69. The maximum atomic E-state index is 13.3. The van der Waals surface area contributed by atoms with Crippen molar-refractivity contribution in [3.8, 4) is 17.1 Å². The van der Waals surface area contributed by atoms with Crippen LogP contribution < -0.4 is 15.5 Å². The Morgan fingerprint density at radius 3 is 2.76 bits per heavy atom. The molecule has 0 radical (unpaired) electrons. The summed E-state index contributed by atoms with van der Waals surface area (Å²) in [5, 5.41) is 12.1. The molecule has 2 aliphatic heterocycles. The third-order valence-electron chi connectivity index (χ3n) is 5.81. The van der Waals surface area contributed by atoms with Crippen LogP contribution in [0.5, 0.6) is 5.75 Å². The lowest BCUT2D eigenvalue weighted by Gasteiger charge is -2.33. The Hall–Kier alpha value is -3.04. The first kappa shape index (κ1) is 21.8. The Morgan fingerprint density at radius 1 is 1.21 bits per heavy atom. The average Bonchev–Trinajstić information content (AvgIpc) is 3.53. The topological polar surface area (TPSA) is 90.3 Å². The number of carbonyl (C=O) groups excluding carboxylic acids is 1. The number of aromatic nitrogens is 3. The van der Waals surface area contributed by atoms with Gasteiger partial charge in [0.1, 0.15) is 11.0 Å². The minimum atomic E-state index is -0.412. The van der Waals surface area contributed by atoms with E-state index < -0.39 is 5.25 Å². The van der Waals surface area contributed by atoms with Crippen LogP contribution in [-0.2, 0) is 9.53 Å². The quantitative estimate of drug-likeness (QED) is 0.553.